The van der Waals surface area contributed by atoms with Crippen LogP contribution in [-0.4, -0.2) is 49.9 Å². The molecule has 0 saturated carbocycles. The Hall–Kier alpha value is -1.10. The second-order valence-corrected chi connectivity index (χ2v) is 3.55. The summed E-state index contributed by atoms with van der Waals surface area (Å²) in [4.78, 5) is 24.4. The number of rotatable bonds is 3. The van der Waals surface area contributed by atoms with Crippen molar-refractivity contribution in [2.24, 2.45) is 0 Å². The van der Waals surface area contributed by atoms with Gasteiger partial charge in [-0.2, -0.15) is 0 Å². The molecule has 0 aromatic rings. The Kier molecular flexibility index (Phi) is 3.88. The minimum absolute atomic E-state index is 0.0145. The van der Waals surface area contributed by atoms with Gasteiger partial charge >= 0.3 is 0 Å². The van der Waals surface area contributed by atoms with Gasteiger partial charge in [-0.1, -0.05) is 0 Å². The van der Waals surface area contributed by atoms with Crippen molar-refractivity contribution in [2.75, 3.05) is 27.2 Å². The van der Waals surface area contributed by atoms with Gasteiger partial charge in [-0.3, -0.25) is 9.59 Å². The molecule has 5 nitrogen and oxygen atoms in total. The van der Waals surface area contributed by atoms with Crippen molar-refractivity contribution in [2.45, 2.75) is 18.9 Å². The first-order chi connectivity index (χ1) is 6.65. The Morgan fingerprint density at radius 1 is 1.64 bits per heavy atom. The summed E-state index contributed by atoms with van der Waals surface area (Å²) in [5, 5.41) is 5.45. The van der Waals surface area contributed by atoms with E-state index in [1.807, 2.05) is 0 Å². The molecule has 5 heteroatoms. The van der Waals surface area contributed by atoms with E-state index in [1.54, 1.807) is 19.0 Å². The third-order valence-corrected chi connectivity index (χ3v) is 2.33. The summed E-state index contributed by atoms with van der Waals surface area (Å²) < 4.78 is 0. The number of amides is 2. The van der Waals surface area contributed by atoms with Gasteiger partial charge in [0.15, 0.2) is 0 Å². The molecular weight excluding hydrogens is 182 g/mol. The SMILES string of the molecule is CNCC(=O)NC1CCCN(C)C1=O. The molecule has 2 N–H and O–H groups in total. The summed E-state index contributed by atoms with van der Waals surface area (Å²) >= 11 is 0. The van der Waals surface area contributed by atoms with Gasteiger partial charge < -0.3 is 15.5 Å². The number of hydrogen-bond donors (Lipinski definition) is 2. The predicted molar refractivity (Wildman–Crippen MR) is 52.7 cm³/mol. The van der Waals surface area contributed by atoms with E-state index in [0.717, 1.165) is 19.4 Å². The van der Waals surface area contributed by atoms with Crippen LogP contribution in [0.5, 0.6) is 0 Å². The number of piperidine rings is 1. The molecular formula is C9H17N3O2. The molecule has 1 heterocycles. The summed E-state index contributed by atoms with van der Waals surface area (Å²) in [7, 11) is 3.47. The third-order valence-electron chi connectivity index (χ3n) is 2.33. The van der Waals surface area contributed by atoms with Crippen molar-refractivity contribution in [3.05, 3.63) is 0 Å². The highest BCUT2D eigenvalue weighted by Crippen LogP contribution is 2.09. The molecule has 1 aliphatic heterocycles. The standard InChI is InChI=1S/C9H17N3O2/c1-10-6-8(13)11-7-4-3-5-12(2)9(7)14/h7,10H,3-6H2,1-2H3,(H,11,13). The van der Waals surface area contributed by atoms with E-state index in [4.69, 9.17) is 0 Å². The van der Waals surface area contributed by atoms with Gasteiger partial charge in [0.25, 0.3) is 0 Å². The number of hydrogen-bond acceptors (Lipinski definition) is 3. The first kappa shape index (κ1) is 11.0. The summed E-state index contributed by atoms with van der Waals surface area (Å²) in [5.74, 6) is -0.109. The van der Waals surface area contributed by atoms with E-state index >= 15 is 0 Å². The van der Waals surface area contributed by atoms with Crippen molar-refractivity contribution >= 4 is 11.8 Å². The molecule has 1 atom stereocenters. The molecule has 1 rings (SSSR count). The summed E-state index contributed by atoms with van der Waals surface area (Å²) in [6.45, 7) is 1.05. The van der Waals surface area contributed by atoms with E-state index in [1.165, 1.54) is 0 Å². The van der Waals surface area contributed by atoms with Gasteiger partial charge in [-0.15, -0.1) is 0 Å². The van der Waals surface area contributed by atoms with Crippen LogP contribution >= 0.6 is 0 Å². The van der Waals surface area contributed by atoms with Crippen LogP contribution in [0.25, 0.3) is 0 Å². The van der Waals surface area contributed by atoms with Crippen molar-refractivity contribution in [3.8, 4) is 0 Å². The van der Waals surface area contributed by atoms with Gasteiger partial charge in [-0.05, 0) is 19.9 Å². The topological polar surface area (TPSA) is 61.4 Å². The highest BCUT2D eigenvalue weighted by molar-refractivity contribution is 5.88. The number of likely N-dealkylation sites (N-methyl/N-ethyl adjacent to an activating group) is 2. The minimum atomic E-state index is -0.324. The van der Waals surface area contributed by atoms with E-state index < -0.39 is 0 Å². The lowest BCUT2D eigenvalue weighted by molar-refractivity contribution is -0.137. The smallest absolute Gasteiger partial charge is 0.244 e. The second-order valence-electron chi connectivity index (χ2n) is 3.55. The zero-order valence-electron chi connectivity index (χ0n) is 8.67. The molecule has 1 aliphatic rings. The number of nitrogens with zero attached hydrogens (tertiary/aromatic N) is 1. The van der Waals surface area contributed by atoms with Crippen LogP contribution in [0, 0.1) is 0 Å². The molecule has 14 heavy (non-hydrogen) atoms. The van der Waals surface area contributed by atoms with Crippen LogP contribution in [0.15, 0.2) is 0 Å². The van der Waals surface area contributed by atoms with E-state index in [0.29, 0.717) is 0 Å². The normalized spacial score (nSPS) is 22.3. The molecule has 0 aliphatic carbocycles. The molecule has 0 aromatic heterocycles. The van der Waals surface area contributed by atoms with Gasteiger partial charge in [-0.25, -0.2) is 0 Å². The van der Waals surface area contributed by atoms with Crippen molar-refractivity contribution in [1.29, 1.82) is 0 Å². The Labute approximate surface area is 83.8 Å². The van der Waals surface area contributed by atoms with Crippen LogP contribution < -0.4 is 10.6 Å². The Bertz CT molecular complexity index is 230. The van der Waals surface area contributed by atoms with E-state index in [9.17, 15) is 9.59 Å². The highest BCUT2D eigenvalue weighted by Gasteiger charge is 2.27. The highest BCUT2D eigenvalue weighted by atomic mass is 16.2. The lowest BCUT2D eigenvalue weighted by Crippen LogP contribution is -2.52. The number of likely N-dealkylation sites (tertiary alicyclic amines) is 1. The summed E-state index contributed by atoms with van der Waals surface area (Å²) in [6.07, 6.45) is 1.70. The maximum Gasteiger partial charge on any atom is 0.244 e. The fourth-order valence-electron chi connectivity index (χ4n) is 1.57. The van der Waals surface area contributed by atoms with Gasteiger partial charge in [0.1, 0.15) is 6.04 Å². The van der Waals surface area contributed by atoms with Crippen LogP contribution in [0.3, 0.4) is 0 Å². The lowest BCUT2D eigenvalue weighted by Gasteiger charge is -2.29. The maximum absolute atomic E-state index is 11.6. The molecule has 2 amide bonds. The molecule has 1 unspecified atom stereocenters. The molecule has 0 bridgehead atoms. The van der Waals surface area contributed by atoms with Crippen LogP contribution in [-0.2, 0) is 9.59 Å². The zero-order valence-corrected chi connectivity index (χ0v) is 8.67. The number of carbonyl (C=O) groups is 2. The fourth-order valence-corrected chi connectivity index (χ4v) is 1.57. The second kappa shape index (κ2) is 4.95. The Morgan fingerprint density at radius 2 is 2.36 bits per heavy atom. The van der Waals surface area contributed by atoms with Gasteiger partial charge in [0, 0.05) is 13.6 Å². The third kappa shape index (κ3) is 2.70. The summed E-state index contributed by atoms with van der Waals surface area (Å²) in [5.41, 5.74) is 0. The minimum Gasteiger partial charge on any atom is -0.344 e. The van der Waals surface area contributed by atoms with E-state index in [-0.39, 0.29) is 24.4 Å². The van der Waals surface area contributed by atoms with Crippen molar-refractivity contribution in [1.82, 2.24) is 15.5 Å². The predicted octanol–water partition coefficient (Wildman–Crippen LogP) is -1.06. The van der Waals surface area contributed by atoms with Crippen LogP contribution in [0.2, 0.25) is 0 Å². The van der Waals surface area contributed by atoms with Gasteiger partial charge in [0.05, 0.1) is 6.54 Å². The lowest BCUT2D eigenvalue weighted by atomic mass is 10.1. The quantitative estimate of drug-likeness (QED) is 0.609. The molecule has 0 aromatic carbocycles. The monoisotopic (exact) mass is 199 g/mol. The number of nitrogens with one attached hydrogen (secondary N) is 2. The zero-order chi connectivity index (χ0) is 10.6. The van der Waals surface area contributed by atoms with Crippen LogP contribution in [0.1, 0.15) is 12.8 Å². The Morgan fingerprint density at radius 3 is 3.00 bits per heavy atom. The molecule has 0 spiro atoms. The maximum atomic E-state index is 11.6. The average Bonchev–Trinajstić information content (AvgIpc) is 2.13. The molecule has 0 radical (unpaired) electrons. The first-order valence-electron chi connectivity index (χ1n) is 4.84. The largest absolute Gasteiger partial charge is 0.344 e. The molecule has 1 fully saturated rings. The molecule has 80 valence electrons. The number of carbonyl (C=O) groups excluding carboxylic acids is 2. The molecule has 1 saturated heterocycles. The van der Waals surface area contributed by atoms with Crippen molar-refractivity contribution < 1.29 is 9.59 Å². The Balaban J connectivity index is 2.43. The summed E-state index contributed by atoms with van der Waals surface area (Å²) in [6, 6.07) is -0.324. The van der Waals surface area contributed by atoms with Crippen molar-refractivity contribution in [3.63, 3.8) is 0 Å². The van der Waals surface area contributed by atoms with E-state index in [2.05, 4.69) is 10.6 Å². The first-order valence-corrected chi connectivity index (χ1v) is 4.84. The average molecular weight is 199 g/mol. The fraction of sp³-hybridized carbons (Fsp3) is 0.778. The van der Waals surface area contributed by atoms with Gasteiger partial charge in [0.2, 0.25) is 11.8 Å². The van der Waals surface area contributed by atoms with Crippen LogP contribution in [0.4, 0.5) is 0 Å².